The van der Waals surface area contributed by atoms with E-state index >= 15 is 0 Å². The average Bonchev–Trinajstić information content (AvgIpc) is 3.22. The molecule has 0 aromatic heterocycles. The molecule has 2 saturated heterocycles. The summed E-state index contributed by atoms with van der Waals surface area (Å²) in [6.07, 6.45) is 15.0. The first-order valence-corrected chi connectivity index (χ1v) is 11.5. The van der Waals surface area contributed by atoms with Crippen molar-refractivity contribution in [1.82, 2.24) is 10.1 Å². The highest BCUT2D eigenvalue weighted by atomic mass is 16.5. The van der Waals surface area contributed by atoms with Crippen LogP contribution in [0.15, 0.2) is 0 Å². The van der Waals surface area contributed by atoms with E-state index in [2.05, 4.69) is 6.92 Å². The molecule has 10 nitrogen and oxygen atoms in total. The molecule has 0 spiro atoms. The summed E-state index contributed by atoms with van der Waals surface area (Å²) in [5.41, 5.74) is 0. The highest BCUT2D eigenvalue weighted by Gasteiger charge is 2.27. The predicted octanol–water partition coefficient (Wildman–Crippen LogP) is 3.82. The van der Waals surface area contributed by atoms with E-state index in [4.69, 9.17) is 15.5 Å². The Morgan fingerprint density at radius 3 is 1.12 bits per heavy atom. The zero-order valence-electron chi connectivity index (χ0n) is 19.1. The van der Waals surface area contributed by atoms with Gasteiger partial charge in [-0.2, -0.15) is 10.1 Å². The number of hydroxylamine groups is 4. The van der Waals surface area contributed by atoms with Crippen LogP contribution in [0, 0.1) is 0 Å². The predicted molar refractivity (Wildman–Crippen MR) is 114 cm³/mol. The second-order valence-corrected chi connectivity index (χ2v) is 7.88. The summed E-state index contributed by atoms with van der Waals surface area (Å²) in [6.45, 7) is 2.25. The number of rotatable bonds is 12. The third-order valence-electron chi connectivity index (χ3n) is 5.04. The third kappa shape index (κ3) is 14.6. The number of carboxylic acids is 1. The van der Waals surface area contributed by atoms with Crippen LogP contribution in [0.3, 0.4) is 0 Å². The van der Waals surface area contributed by atoms with Gasteiger partial charge < -0.3 is 5.11 Å². The highest BCUT2D eigenvalue weighted by Crippen LogP contribution is 2.12. The van der Waals surface area contributed by atoms with Crippen molar-refractivity contribution in [2.24, 2.45) is 0 Å². The summed E-state index contributed by atoms with van der Waals surface area (Å²) >= 11 is 0. The molecule has 0 aromatic carbocycles. The summed E-state index contributed by atoms with van der Waals surface area (Å²) in [5.74, 6) is -2.68. The monoisotopic (exact) mass is 458 g/mol. The standard InChI is InChI=1S/C14H28O2.2C4H5NO3/c1-2-3-4-5-6-7-8-9-10-11-12-13-14(15)16;2*6-3-1-2-4(7)5(3)8/h2-13H2,1H3,(H,15,16);2*8H,1-2H2. The maximum absolute atomic E-state index is 10.3. The van der Waals surface area contributed by atoms with Crippen LogP contribution >= 0.6 is 0 Å². The van der Waals surface area contributed by atoms with Crippen molar-refractivity contribution in [3.8, 4) is 0 Å². The van der Waals surface area contributed by atoms with Gasteiger partial charge in [0.25, 0.3) is 23.6 Å². The zero-order valence-corrected chi connectivity index (χ0v) is 19.1. The number of aliphatic carboxylic acids is 1. The fourth-order valence-electron chi connectivity index (χ4n) is 3.07. The molecule has 32 heavy (non-hydrogen) atoms. The van der Waals surface area contributed by atoms with Gasteiger partial charge in [-0.25, -0.2) is 0 Å². The molecule has 2 fully saturated rings. The zero-order chi connectivity index (χ0) is 24.4. The quantitative estimate of drug-likeness (QED) is 0.227. The molecule has 2 heterocycles. The summed E-state index contributed by atoms with van der Waals surface area (Å²) in [7, 11) is 0. The van der Waals surface area contributed by atoms with Gasteiger partial charge in [-0.3, -0.25) is 34.4 Å². The minimum atomic E-state index is -0.657. The van der Waals surface area contributed by atoms with Crippen molar-refractivity contribution in [3.05, 3.63) is 0 Å². The maximum atomic E-state index is 10.3. The minimum absolute atomic E-state index is 0.148. The van der Waals surface area contributed by atoms with Crippen LogP contribution in [0.2, 0.25) is 0 Å². The van der Waals surface area contributed by atoms with Crippen LogP contribution in [0.4, 0.5) is 0 Å². The van der Waals surface area contributed by atoms with Crippen LogP contribution in [-0.4, -0.2) is 55.2 Å². The largest absolute Gasteiger partial charge is 0.481 e. The molecule has 0 bridgehead atoms. The van der Waals surface area contributed by atoms with E-state index in [1.54, 1.807) is 0 Å². The Balaban J connectivity index is 0.000000497. The lowest BCUT2D eigenvalue weighted by Crippen LogP contribution is -2.24. The molecule has 4 amide bonds. The fourth-order valence-corrected chi connectivity index (χ4v) is 3.07. The molecule has 10 heteroatoms. The number of carbonyl (C=O) groups is 5. The molecule has 2 aliphatic rings. The van der Waals surface area contributed by atoms with Crippen molar-refractivity contribution >= 4 is 29.6 Å². The highest BCUT2D eigenvalue weighted by molar-refractivity contribution is 6.00. The lowest BCUT2D eigenvalue weighted by atomic mass is 10.1. The summed E-state index contributed by atoms with van der Waals surface area (Å²) in [6, 6.07) is 0. The molecule has 0 saturated carbocycles. The Bertz CT molecular complexity index is 543. The van der Waals surface area contributed by atoms with Crippen LogP contribution in [0.5, 0.6) is 0 Å². The minimum Gasteiger partial charge on any atom is -0.481 e. The Morgan fingerprint density at radius 1 is 0.625 bits per heavy atom. The van der Waals surface area contributed by atoms with Gasteiger partial charge in [0.15, 0.2) is 0 Å². The molecule has 3 N–H and O–H groups in total. The number of hydrogen-bond acceptors (Lipinski definition) is 7. The number of carbonyl (C=O) groups excluding carboxylic acids is 4. The van der Waals surface area contributed by atoms with E-state index < -0.39 is 29.6 Å². The summed E-state index contributed by atoms with van der Waals surface area (Å²) < 4.78 is 0. The van der Waals surface area contributed by atoms with Crippen molar-refractivity contribution in [2.45, 2.75) is 110 Å². The molecule has 0 aliphatic carbocycles. The Labute approximate surface area is 189 Å². The lowest BCUT2D eigenvalue weighted by molar-refractivity contribution is -0.172. The fraction of sp³-hybridized carbons (Fsp3) is 0.773. The number of amides is 4. The van der Waals surface area contributed by atoms with Crippen LogP contribution in [-0.2, 0) is 24.0 Å². The smallest absolute Gasteiger partial charge is 0.303 e. The number of unbranched alkanes of at least 4 members (excludes halogenated alkanes) is 10. The van der Waals surface area contributed by atoms with Gasteiger partial charge in [-0.1, -0.05) is 71.1 Å². The Morgan fingerprint density at radius 2 is 0.906 bits per heavy atom. The van der Waals surface area contributed by atoms with Crippen molar-refractivity contribution in [2.75, 3.05) is 0 Å². The topological polar surface area (TPSA) is 153 Å². The Hall–Kier alpha value is -2.33. The number of imide groups is 2. The van der Waals surface area contributed by atoms with Gasteiger partial charge in [-0.15, -0.1) is 0 Å². The number of carboxylic acid groups (broad SMARTS) is 1. The molecular weight excluding hydrogens is 420 g/mol. The Kier molecular flexibility index (Phi) is 16.9. The van der Waals surface area contributed by atoms with Crippen molar-refractivity contribution in [3.63, 3.8) is 0 Å². The lowest BCUT2D eigenvalue weighted by Gasteiger charge is -2.01. The van der Waals surface area contributed by atoms with E-state index in [-0.39, 0.29) is 35.8 Å². The van der Waals surface area contributed by atoms with Gasteiger partial charge in [0.05, 0.1) is 0 Å². The van der Waals surface area contributed by atoms with Gasteiger partial charge >= 0.3 is 5.97 Å². The van der Waals surface area contributed by atoms with Crippen molar-refractivity contribution < 1.29 is 39.5 Å². The second-order valence-electron chi connectivity index (χ2n) is 7.88. The first-order chi connectivity index (χ1) is 15.2. The molecule has 184 valence electrons. The number of hydrogen-bond donors (Lipinski definition) is 3. The molecule has 0 aromatic rings. The number of nitrogens with zero attached hydrogens (tertiary/aromatic N) is 2. The van der Waals surface area contributed by atoms with Crippen LogP contribution in [0.1, 0.15) is 110 Å². The molecule has 0 unspecified atom stereocenters. The first kappa shape index (κ1) is 29.7. The van der Waals surface area contributed by atoms with E-state index in [1.807, 2.05) is 0 Å². The first-order valence-electron chi connectivity index (χ1n) is 11.5. The normalized spacial score (nSPS) is 15.5. The van der Waals surface area contributed by atoms with E-state index in [9.17, 15) is 24.0 Å². The summed E-state index contributed by atoms with van der Waals surface area (Å²) in [4.78, 5) is 51.2. The van der Waals surface area contributed by atoms with Crippen molar-refractivity contribution in [1.29, 1.82) is 0 Å². The van der Waals surface area contributed by atoms with E-state index in [0.717, 1.165) is 12.8 Å². The van der Waals surface area contributed by atoms with Crippen LogP contribution < -0.4 is 0 Å². The summed E-state index contributed by atoms with van der Waals surface area (Å²) in [5, 5.41) is 25.6. The molecule has 0 radical (unpaired) electrons. The van der Waals surface area contributed by atoms with E-state index in [0.29, 0.717) is 6.42 Å². The van der Waals surface area contributed by atoms with Crippen LogP contribution in [0.25, 0.3) is 0 Å². The molecule has 0 atom stereocenters. The second kappa shape index (κ2) is 18.3. The SMILES string of the molecule is CCCCCCCCCCCCCC(=O)O.O=C1CCC(=O)N1O.O=C1CCC(=O)N1O. The molecule has 2 aliphatic heterocycles. The van der Waals surface area contributed by atoms with Gasteiger partial charge in [0.1, 0.15) is 0 Å². The van der Waals surface area contributed by atoms with Gasteiger partial charge in [0, 0.05) is 32.1 Å². The van der Waals surface area contributed by atoms with E-state index in [1.165, 1.54) is 57.8 Å². The van der Waals surface area contributed by atoms with Gasteiger partial charge in [0.2, 0.25) is 0 Å². The third-order valence-corrected chi connectivity index (χ3v) is 5.04. The average molecular weight is 459 g/mol. The maximum Gasteiger partial charge on any atom is 0.303 e. The molecule has 2 rings (SSSR count). The van der Waals surface area contributed by atoms with Gasteiger partial charge in [-0.05, 0) is 6.42 Å². The molecular formula is C22H38N2O8.